The van der Waals surface area contributed by atoms with Crippen molar-refractivity contribution >= 4 is 39.7 Å². The zero-order chi connectivity index (χ0) is 25.7. The SMILES string of the molecule is CC(C)N(CCNC(=O)c1ccc(Nc2nc(N)c(C(=O)c3c(F)cccc3F)s2)cc1)C(C)C. The molecule has 2 aromatic carbocycles. The van der Waals surface area contributed by atoms with Crippen LogP contribution in [0.4, 0.5) is 25.4 Å². The molecule has 4 N–H and O–H groups in total. The van der Waals surface area contributed by atoms with Crippen molar-refractivity contribution in [3.05, 3.63) is 70.1 Å². The number of nitrogen functional groups attached to an aromatic ring is 1. The van der Waals surface area contributed by atoms with Crippen LogP contribution in [0.5, 0.6) is 0 Å². The summed E-state index contributed by atoms with van der Waals surface area (Å²) in [5.41, 5.74) is 6.28. The molecular weight excluding hydrogens is 472 g/mol. The van der Waals surface area contributed by atoms with Gasteiger partial charge in [0.1, 0.15) is 22.3 Å². The molecule has 0 fully saturated rings. The summed E-state index contributed by atoms with van der Waals surface area (Å²) in [6.07, 6.45) is 0. The highest BCUT2D eigenvalue weighted by Gasteiger charge is 2.24. The van der Waals surface area contributed by atoms with Gasteiger partial charge >= 0.3 is 0 Å². The van der Waals surface area contributed by atoms with Crippen molar-refractivity contribution in [1.82, 2.24) is 15.2 Å². The summed E-state index contributed by atoms with van der Waals surface area (Å²) < 4.78 is 28.0. The van der Waals surface area contributed by atoms with E-state index in [2.05, 4.69) is 48.2 Å². The third-order valence-corrected chi connectivity index (χ3v) is 6.42. The minimum absolute atomic E-state index is 0.0654. The first kappa shape index (κ1) is 26.2. The number of nitrogens with one attached hydrogen (secondary N) is 2. The number of thiazole rings is 1. The number of hydrogen-bond acceptors (Lipinski definition) is 7. The van der Waals surface area contributed by atoms with Gasteiger partial charge in [-0.05, 0) is 64.1 Å². The predicted octanol–water partition coefficient (Wildman–Crippen LogP) is 4.83. The highest BCUT2D eigenvalue weighted by Crippen LogP contribution is 2.31. The molecule has 10 heteroatoms. The van der Waals surface area contributed by atoms with Crippen LogP contribution in [-0.2, 0) is 0 Å². The molecule has 186 valence electrons. The van der Waals surface area contributed by atoms with Crippen molar-refractivity contribution in [1.29, 1.82) is 0 Å². The van der Waals surface area contributed by atoms with Crippen molar-refractivity contribution in [2.75, 3.05) is 24.1 Å². The van der Waals surface area contributed by atoms with Crippen LogP contribution in [-0.4, -0.2) is 46.7 Å². The first-order valence-corrected chi connectivity index (χ1v) is 12.1. The van der Waals surface area contributed by atoms with Gasteiger partial charge in [-0.15, -0.1) is 0 Å². The van der Waals surface area contributed by atoms with Gasteiger partial charge in [0.05, 0.1) is 5.56 Å². The van der Waals surface area contributed by atoms with Gasteiger partial charge in [0, 0.05) is 36.4 Å². The van der Waals surface area contributed by atoms with Crippen molar-refractivity contribution < 1.29 is 18.4 Å². The van der Waals surface area contributed by atoms with Gasteiger partial charge in [0.15, 0.2) is 5.13 Å². The van der Waals surface area contributed by atoms with Crippen LogP contribution in [0.3, 0.4) is 0 Å². The Labute approximate surface area is 207 Å². The van der Waals surface area contributed by atoms with Crippen LogP contribution in [0.15, 0.2) is 42.5 Å². The topological polar surface area (TPSA) is 100 Å². The molecular formula is C25H29F2N5O2S. The Bertz CT molecular complexity index is 1170. The monoisotopic (exact) mass is 501 g/mol. The third-order valence-electron chi connectivity index (χ3n) is 5.43. The highest BCUT2D eigenvalue weighted by molar-refractivity contribution is 7.18. The van der Waals surface area contributed by atoms with Gasteiger partial charge in [-0.2, -0.15) is 0 Å². The fourth-order valence-corrected chi connectivity index (χ4v) is 4.57. The molecule has 0 saturated heterocycles. The zero-order valence-electron chi connectivity index (χ0n) is 20.1. The van der Waals surface area contributed by atoms with Crippen LogP contribution in [0, 0.1) is 11.6 Å². The molecule has 1 aromatic heterocycles. The Kier molecular flexibility index (Phi) is 8.52. The number of anilines is 3. The van der Waals surface area contributed by atoms with E-state index in [0.717, 1.165) is 30.0 Å². The summed E-state index contributed by atoms with van der Waals surface area (Å²) in [6.45, 7) is 9.79. The van der Waals surface area contributed by atoms with Crippen LogP contribution < -0.4 is 16.4 Å². The van der Waals surface area contributed by atoms with E-state index in [1.54, 1.807) is 24.3 Å². The molecule has 0 spiro atoms. The molecule has 0 aliphatic rings. The summed E-state index contributed by atoms with van der Waals surface area (Å²) in [4.78, 5) is 31.4. The van der Waals surface area contributed by atoms with E-state index in [4.69, 9.17) is 5.73 Å². The average Bonchev–Trinajstić information content (AvgIpc) is 3.16. The number of carbonyl (C=O) groups is 2. The van der Waals surface area contributed by atoms with Gasteiger partial charge < -0.3 is 16.4 Å². The van der Waals surface area contributed by atoms with Crippen molar-refractivity contribution in [2.24, 2.45) is 0 Å². The molecule has 35 heavy (non-hydrogen) atoms. The number of rotatable bonds is 10. The Morgan fingerprint density at radius 1 is 1.03 bits per heavy atom. The molecule has 0 aliphatic heterocycles. The van der Waals surface area contributed by atoms with Crippen molar-refractivity contribution in [3.8, 4) is 0 Å². The largest absolute Gasteiger partial charge is 0.382 e. The van der Waals surface area contributed by atoms with Crippen molar-refractivity contribution in [3.63, 3.8) is 0 Å². The maximum absolute atomic E-state index is 14.0. The minimum atomic E-state index is -0.965. The number of nitrogens with zero attached hydrogens (tertiary/aromatic N) is 2. The predicted molar refractivity (Wildman–Crippen MR) is 135 cm³/mol. The smallest absolute Gasteiger partial charge is 0.251 e. The van der Waals surface area contributed by atoms with Crippen molar-refractivity contribution in [2.45, 2.75) is 39.8 Å². The maximum Gasteiger partial charge on any atom is 0.251 e. The van der Waals surface area contributed by atoms with E-state index < -0.39 is 23.0 Å². The number of carbonyl (C=O) groups excluding carboxylic acids is 2. The third kappa shape index (κ3) is 6.40. The number of benzene rings is 2. The molecule has 0 atom stereocenters. The van der Waals surface area contributed by atoms with Gasteiger partial charge in [-0.1, -0.05) is 17.4 Å². The van der Waals surface area contributed by atoms with Gasteiger partial charge in [0.2, 0.25) is 5.78 Å². The van der Waals surface area contributed by atoms with Gasteiger partial charge in [-0.25, -0.2) is 13.8 Å². The van der Waals surface area contributed by atoms with Crippen LogP contribution in [0.2, 0.25) is 0 Å². The molecule has 0 bridgehead atoms. The second-order valence-corrected chi connectivity index (χ2v) is 9.54. The van der Waals surface area contributed by atoms with Gasteiger partial charge in [0.25, 0.3) is 5.91 Å². The molecule has 0 aliphatic carbocycles. The number of halogens is 2. The molecule has 3 aromatic rings. The van der Waals surface area contributed by atoms with Gasteiger partial charge in [-0.3, -0.25) is 14.5 Å². The zero-order valence-corrected chi connectivity index (χ0v) is 20.9. The maximum atomic E-state index is 14.0. The lowest BCUT2D eigenvalue weighted by molar-refractivity contribution is 0.0938. The number of amides is 1. The fourth-order valence-electron chi connectivity index (χ4n) is 3.72. The van der Waals surface area contributed by atoms with E-state index in [9.17, 15) is 18.4 Å². The molecule has 3 rings (SSSR count). The number of hydrogen-bond donors (Lipinski definition) is 3. The summed E-state index contributed by atoms with van der Waals surface area (Å²) in [7, 11) is 0. The first-order chi connectivity index (χ1) is 16.6. The highest BCUT2D eigenvalue weighted by atomic mass is 32.1. The normalized spacial score (nSPS) is 11.3. The molecule has 0 unspecified atom stereocenters. The molecule has 7 nitrogen and oxygen atoms in total. The second-order valence-electron chi connectivity index (χ2n) is 8.54. The quantitative estimate of drug-likeness (QED) is 0.344. The summed E-state index contributed by atoms with van der Waals surface area (Å²) >= 11 is 0.889. The fraction of sp³-hybridized carbons (Fsp3) is 0.320. The molecule has 0 saturated carbocycles. The standard InChI is InChI=1S/C25H29F2N5O2S/c1-14(2)32(15(3)4)13-12-29-24(34)16-8-10-17(11-9-16)30-25-31-23(28)22(35-25)21(33)20-18(26)6-5-7-19(20)27/h5-11,14-15H,12-13,28H2,1-4H3,(H,29,34)(H,30,31). The second kappa shape index (κ2) is 11.4. The average molecular weight is 502 g/mol. The Morgan fingerprint density at radius 3 is 2.20 bits per heavy atom. The molecule has 1 amide bonds. The number of aromatic nitrogens is 1. The number of nitrogens with two attached hydrogens (primary N) is 1. The Morgan fingerprint density at radius 2 is 1.63 bits per heavy atom. The Balaban J connectivity index is 1.63. The summed E-state index contributed by atoms with van der Waals surface area (Å²) in [6, 6.07) is 10.7. The summed E-state index contributed by atoms with van der Waals surface area (Å²) in [5, 5.41) is 6.21. The van der Waals surface area contributed by atoms with Crippen LogP contribution >= 0.6 is 11.3 Å². The Hall–Kier alpha value is -3.37. The lowest BCUT2D eigenvalue weighted by Crippen LogP contribution is -2.42. The lowest BCUT2D eigenvalue weighted by Gasteiger charge is -2.30. The molecule has 1 heterocycles. The molecule has 0 radical (unpaired) electrons. The number of ketones is 1. The van der Waals surface area contributed by atoms with E-state index in [1.165, 1.54) is 6.07 Å². The van der Waals surface area contributed by atoms with E-state index in [0.29, 0.717) is 29.9 Å². The minimum Gasteiger partial charge on any atom is -0.382 e. The van der Waals surface area contributed by atoms with E-state index in [-0.39, 0.29) is 21.7 Å². The van der Waals surface area contributed by atoms with E-state index >= 15 is 0 Å². The van der Waals surface area contributed by atoms with Crippen LogP contribution in [0.1, 0.15) is 53.3 Å². The summed E-state index contributed by atoms with van der Waals surface area (Å²) in [5.74, 6) is -3.11. The van der Waals surface area contributed by atoms with Crippen LogP contribution in [0.25, 0.3) is 0 Å². The lowest BCUT2D eigenvalue weighted by atomic mass is 10.1. The first-order valence-electron chi connectivity index (χ1n) is 11.2. The van der Waals surface area contributed by atoms with E-state index in [1.807, 2.05) is 0 Å².